The molecule has 3 heteroatoms. The molecule has 3 nitrogen and oxygen atoms in total. The summed E-state index contributed by atoms with van der Waals surface area (Å²) in [6.07, 6.45) is 3.55. The maximum atomic E-state index is 10.2. The minimum absolute atomic E-state index is 0.498. The zero-order chi connectivity index (χ0) is 13.1. The Morgan fingerprint density at radius 1 is 1.22 bits per heavy atom. The van der Waals surface area contributed by atoms with Gasteiger partial charge < -0.3 is 9.67 Å². The molecule has 0 aliphatic rings. The summed E-state index contributed by atoms with van der Waals surface area (Å²) in [5.74, 6) is 0.543. The lowest BCUT2D eigenvalue weighted by molar-refractivity contribution is 0.170. The van der Waals surface area contributed by atoms with Crippen molar-refractivity contribution in [2.45, 2.75) is 32.3 Å². The topological polar surface area (TPSA) is 38.1 Å². The standard InChI is InChI=1S/C15H20N2O/c1-11(2)13-6-4-12(5-7-13)8-15(18)14-9-16-10-17(14)3/h4-7,9-11,15,18H,8H2,1-3H3. The summed E-state index contributed by atoms with van der Waals surface area (Å²) < 4.78 is 1.85. The normalized spacial score (nSPS) is 12.9. The van der Waals surface area contributed by atoms with Gasteiger partial charge in [-0.3, -0.25) is 0 Å². The van der Waals surface area contributed by atoms with Gasteiger partial charge in [-0.25, -0.2) is 4.98 Å². The van der Waals surface area contributed by atoms with E-state index >= 15 is 0 Å². The molecule has 0 bridgehead atoms. The Bertz CT molecular complexity index is 499. The molecular weight excluding hydrogens is 224 g/mol. The largest absolute Gasteiger partial charge is 0.386 e. The highest BCUT2D eigenvalue weighted by atomic mass is 16.3. The first kappa shape index (κ1) is 12.8. The maximum Gasteiger partial charge on any atom is 0.0995 e. The molecule has 2 rings (SSSR count). The lowest BCUT2D eigenvalue weighted by atomic mass is 9.99. The highest BCUT2D eigenvalue weighted by Gasteiger charge is 2.12. The molecular formula is C15H20N2O. The minimum Gasteiger partial charge on any atom is -0.386 e. The van der Waals surface area contributed by atoms with E-state index in [-0.39, 0.29) is 0 Å². The smallest absolute Gasteiger partial charge is 0.0995 e. The minimum atomic E-state index is -0.498. The van der Waals surface area contributed by atoms with Crippen molar-refractivity contribution in [3.8, 4) is 0 Å². The highest BCUT2D eigenvalue weighted by molar-refractivity contribution is 5.25. The SMILES string of the molecule is CC(C)c1ccc(CC(O)c2cncn2C)cc1. The summed E-state index contributed by atoms with van der Waals surface area (Å²) in [6.45, 7) is 4.36. The van der Waals surface area contributed by atoms with Gasteiger partial charge in [0.1, 0.15) is 0 Å². The third kappa shape index (κ3) is 2.79. The van der Waals surface area contributed by atoms with E-state index in [0.29, 0.717) is 12.3 Å². The molecule has 1 aromatic carbocycles. The predicted octanol–water partition coefficient (Wildman–Crippen LogP) is 2.82. The second-order valence-electron chi connectivity index (χ2n) is 5.05. The second-order valence-corrected chi connectivity index (χ2v) is 5.05. The number of aromatic nitrogens is 2. The summed E-state index contributed by atoms with van der Waals surface area (Å²) in [7, 11) is 1.90. The zero-order valence-corrected chi connectivity index (χ0v) is 11.2. The first-order valence-corrected chi connectivity index (χ1v) is 6.31. The van der Waals surface area contributed by atoms with Gasteiger partial charge in [0.2, 0.25) is 0 Å². The van der Waals surface area contributed by atoms with Crippen molar-refractivity contribution in [1.29, 1.82) is 0 Å². The van der Waals surface area contributed by atoms with Crippen LogP contribution in [0.1, 0.15) is 42.7 Å². The van der Waals surface area contributed by atoms with Crippen LogP contribution in [0.3, 0.4) is 0 Å². The first-order valence-electron chi connectivity index (χ1n) is 6.31. The number of benzene rings is 1. The molecule has 1 atom stereocenters. The van der Waals surface area contributed by atoms with E-state index in [1.54, 1.807) is 12.5 Å². The average molecular weight is 244 g/mol. The van der Waals surface area contributed by atoms with E-state index in [4.69, 9.17) is 0 Å². The second kappa shape index (κ2) is 5.36. The highest BCUT2D eigenvalue weighted by Crippen LogP contribution is 2.20. The van der Waals surface area contributed by atoms with Gasteiger partial charge in [-0.1, -0.05) is 38.1 Å². The molecule has 0 aliphatic carbocycles. The van der Waals surface area contributed by atoms with Crippen molar-refractivity contribution < 1.29 is 5.11 Å². The summed E-state index contributed by atoms with van der Waals surface area (Å²) in [4.78, 5) is 4.02. The molecule has 0 saturated carbocycles. The predicted molar refractivity (Wildman–Crippen MR) is 72.4 cm³/mol. The van der Waals surface area contributed by atoms with Crippen LogP contribution in [0.15, 0.2) is 36.8 Å². The number of aliphatic hydroxyl groups excluding tert-OH is 1. The summed E-state index contributed by atoms with van der Waals surface area (Å²) in [6, 6.07) is 8.45. The lowest BCUT2D eigenvalue weighted by Crippen LogP contribution is -2.06. The van der Waals surface area contributed by atoms with Crippen molar-refractivity contribution >= 4 is 0 Å². The summed E-state index contributed by atoms with van der Waals surface area (Å²) in [5.41, 5.74) is 3.32. The van der Waals surface area contributed by atoms with Crippen LogP contribution in [0, 0.1) is 0 Å². The lowest BCUT2D eigenvalue weighted by Gasteiger charge is -2.12. The van der Waals surface area contributed by atoms with Crippen LogP contribution >= 0.6 is 0 Å². The van der Waals surface area contributed by atoms with Crippen LogP contribution in [0.5, 0.6) is 0 Å². The first-order chi connectivity index (χ1) is 8.58. The van der Waals surface area contributed by atoms with Crippen molar-refractivity contribution in [2.24, 2.45) is 7.05 Å². The van der Waals surface area contributed by atoms with Crippen molar-refractivity contribution in [1.82, 2.24) is 9.55 Å². The quantitative estimate of drug-likeness (QED) is 0.898. The molecule has 0 fully saturated rings. The van der Waals surface area contributed by atoms with E-state index in [1.807, 2.05) is 11.6 Å². The fourth-order valence-corrected chi connectivity index (χ4v) is 2.05. The molecule has 0 saturated heterocycles. The Morgan fingerprint density at radius 3 is 2.39 bits per heavy atom. The van der Waals surface area contributed by atoms with Gasteiger partial charge in [-0.15, -0.1) is 0 Å². The Hall–Kier alpha value is -1.61. The molecule has 1 aromatic heterocycles. The van der Waals surface area contributed by atoms with Crippen molar-refractivity contribution in [3.05, 3.63) is 53.6 Å². The zero-order valence-electron chi connectivity index (χ0n) is 11.2. The van der Waals surface area contributed by atoms with Crippen LogP contribution < -0.4 is 0 Å². The van der Waals surface area contributed by atoms with Crippen molar-refractivity contribution in [3.63, 3.8) is 0 Å². The van der Waals surface area contributed by atoms with Crippen LogP contribution in [0.2, 0.25) is 0 Å². The molecule has 18 heavy (non-hydrogen) atoms. The van der Waals surface area contributed by atoms with Gasteiger partial charge in [-0.05, 0) is 17.0 Å². The molecule has 1 unspecified atom stereocenters. The monoisotopic (exact) mass is 244 g/mol. The Labute approximate surface area is 108 Å². The molecule has 0 spiro atoms. The molecule has 1 N–H and O–H groups in total. The Kier molecular flexibility index (Phi) is 3.82. The summed E-state index contributed by atoms with van der Waals surface area (Å²) >= 11 is 0. The van der Waals surface area contributed by atoms with Gasteiger partial charge in [0.15, 0.2) is 0 Å². The number of imidazole rings is 1. The van der Waals surface area contributed by atoms with Gasteiger partial charge in [0.25, 0.3) is 0 Å². The molecule has 0 radical (unpaired) electrons. The molecule has 2 aromatic rings. The van der Waals surface area contributed by atoms with Gasteiger partial charge in [0, 0.05) is 13.5 Å². The van der Waals surface area contributed by atoms with Gasteiger partial charge in [-0.2, -0.15) is 0 Å². The maximum absolute atomic E-state index is 10.2. The van der Waals surface area contributed by atoms with Crippen molar-refractivity contribution in [2.75, 3.05) is 0 Å². The van der Waals surface area contributed by atoms with E-state index in [2.05, 4.69) is 43.1 Å². The number of aliphatic hydroxyl groups is 1. The number of rotatable bonds is 4. The third-order valence-electron chi connectivity index (χ3n) is 3.27. The molecule has 96 valence electrons. The Morgan fingerprint density at radius 2 is 1.89 bits per heavy atom. The van der Waals surface area contributed by atoms with E-state index in [1.165, 1.54) is 5.56 Å². The van der Waals surface area contributed by atoms with E-state index in [9.17, 15) is 5.11 Å². The van der Waals surface area contributed by atoms with Crippen LogP contribution in [-0.4, -0.2) is 14.7 Å². The fraction of sp³-hybridized carbons (Fsp3) is 0.400. The van der Waals surface area contributed by atoms with Gasteiger partial charge >= 0.3 is 0 Å². The van der Waals surface area contributed by atoms with E-state index < -0.39 is 6.10 Å². The van der Waals surface area contributed by atoms with E-state index in [0.717, 1.165) is 11.3 Å². The molecule has 0 amide bonds. The Balaban J connectivity index is 2.08. The number of aryl methyl sites for hydroxylation is 1. The van der Waals surface area contributed by atoms with Crippen LogP contribution in [0.25, 0.3) is 0 Å². The summed E-state index contributed by atoms with van der Waals surface area (Å²) in [5, 5.41) is 10.2. The molecule has 0 aliphatic heterocycles. The van der Waals surface area contributed by atoms with Crippen LogP contribution in [0.4, 0.5) is 0 Å². The number of hydrogen-bond acceptors (Lipinski definition) is 2. The number of nitrogens with zero attached hydrogens (tertiary/aromatic N) is 2. The molecule has 1 heterocycles. The van der Waals surface area contributed by atoms with Crippen LogP contribution in [-0.2, 0) is 13.5 Å². The number of hydrogen-bond donors (Lipinski definition) is 1. The third-order valence-corrected chi connectivity index (χ3v) is 3.27. The van der Waals surface area contributed by atoms with Gasteiger partial charge in [0.05, 0.1) is 24.3 Å². The average Bonchev–Trinajstić information content (AvgIpc) is 2.76. The fourth-order valence-electron chi connectivity index (χ4n) is 2.05.